The first-order valence-corrected chi connectivity index (χ1v) is 9.47. The normalized spacial score (nSPS) is 14.2. The van der Waals surface area contributed by atoms with Crippen LogP contribution in [0.2, 0.25) is 0 Å². The van der Waals surface area contributed by atoms with Gasteiger partial charge in [-0.1, -0.05) is 11.3 Å². The van der Waals surface area contributed by atoms with Crippen molar-refractivity contribution in [2.75, 3.05) is 7.11 Å². The molecule has 0 saturated carbocycles. The molecule has 0 unspecified atom stereocenters. The molecule has 0 spiro atoms. The molecule has 4 rings (SSSR count). The van der Waals surface area contributed by atoms with Crippen LogP contribution in [0.4, 0.5) is 8.78 Å². The van der Waals surface area contributed by atoms with Crippen molar-refractivity contribution >= 4 is 0 Å². The van der Waals surface area contributed by atoms with Gasteiger partial charge in [-0.25, -0.2) is 23.1 Å². The predicted octanol–water partition coefficient (Wildman–Crippen LogP) is 2.97. The summed E-state index contributed by atoms with van der Waals surface area (Å²) in [7, 11) is 1.58. The van der Waals surface area contributed by atoms with Crippen LogP contribution >= 0.6 is 0 Å². The predicted molar refractivity (Wildman–Crippen MR) is 107 cm³/mol. The first-order chi connectivity index (χ1) is 14.9. The molecule has 0 aliphatic heterocycles. The zero-order valence-corrected chi connectivity index (χ0v) is 16.9. The number of benzene rings is 2. The number of ether oxygens (including phenoxy) is 1. The van der Waals surface area contributed by atoms with Crippen LogP contribution < -0.4 is 4.74 Å². The van der Waals surface area contributed by atoms with E-state index in [-0.39, 0.29) is 12.1 Å². The molecule has 2 atom stereocenters. The summed E-state index contributed by atoms with van der Waals surface area (Å²) in [6, 6.07) is 9.54. The lowest BCUT2D eigenvalue weighted by Crippen LogP contribution is -2.41. The minimum Gasteiger partial charge on any atom is -0.497 e. The molecule has 2 heterocycles. The smallest absolute Gasteiger partial charge is 0.137 e. The second kappa shape index (κ2) is 8.23. The number of aliphatic hydroxyl groups is 1. The summed E-state index contributed by atoms with van der Waals surface area (Å²) in [6.45, 7) is 1.54. The van der Waals surface area contributed by atoms with Crippen LogP contribution in [-0.2, 0) is 12.1 Å². The summed E-state index contributed by atoms with van der Waals surface area (Å²) >= 11 is 0. The van der Waals surface area contributed by atoms with Crippen molar-refractivity contribution in [3.05, 3.63) is 78.5 Å². The number of rotatable bonds is 7. The van der Waals surface area contributed by atoms with Crippen molar-refractivity contribution in [2.45, 2.75) is 25.1 Å². The maximum Gasteiger partial charge on any atom is 0.137 e. The van der Waals surface area contributed by atoms with Gasteiger partial charge in [-0.2, -0.15) is 5.10 Å². The van der Waals surface area contributed by atoms with Gasteiger partial charge in [0.15, 0.2) is 0 Å². The van der Waals surface area contributed by atoms with Crippen molar-refractivity contribution in [2.24, 2.45) is 0 Å². The molecule has 0 aliphatic rings. The number of hydrogen-bond donors (Lipinski definition) is 1. The summed E-state index contributed by atoms with van der Waals surface area (Å²) in [4.78, 5) is 3.87. The third kappa shape index (κ3) is 4.02. The van der Waals surface area contributed by atoms with E-state index in [2.05, 4.69) is 20.4 Å². The van der Waals surface area contributed by atoms with Gasteiger partial charge in [0.2, 0.25) is 0 Å². The van der Waals surface area contributed by atoms with Crippen LogP contribution in [0.5, 0.6) is 5.75 Å². The molecule has 0 fully saturated rings. The fourth-order valence-electron chi connectivity index (χ4n) is 3.42. The van der Waals surface area contributed by atoms with E-state index in [4.69, 9.17) is 4.74 Å². The lowest BCUT2D eigenvalue weighted by Gasteiger charge is -2.34. The molecule has 2 aromatic carbocycles. The topological polar surface area (TPSA) is 90.9 Å². The van der Waals surface area contributed by atoms with E-state index in [0.717, 1.165) is 17.7 Å². The fourth-order valence-corrected chi connectivity index (χ4v) is 3.42. The summed E-state index contributed by atoms with van der Waals surface area (Å²) in [5, 5.41) is 24.0. The molecule has 2 aromatic heterocycles. The number of methoxy groups -OCH3 is 1. The first-order valence-electron chi connectivity index (χ1n) is 9.47. The molecule has 160 valence electrons. The minimum atomic E-state index is -1.82. The van der Waals surface area contributed by atoms with E-state index in [0.29, 0.717) is 11.4 Å². The molecule has 4 aromatic rings. The minimum absolute atomic E-state index is 0.0848. The van der Waals surface area contributed by atoms with E-state index in [9.17, 15) is 13.9 Å². The molecule has 0 aliphatic carbocycles. The number of nitrogens with zero attached hydrogens (tertiary/aromatic N) is 6. The molecule has 31 heavy (non-hydrogen) atoms. The highest BCUT2D eigenvalue weighted by Gasteiger charge is 2.41. The average molecular weight is 426 g/mol. The van der Waals surface area contributed by atoms with Crippen LogP contribution in [0.15, 0.2) is 61.3 Å². The maximum atomic E-state index is 14.7. The van der Waals surface area contributed by atoms with E-state index in [1.807, 2.05) is 12.1 Å². The van der Waals surface area contributed by atoms with Crippen LogP contribution in [0.3, 0.4) is 0 Å². The van der Waals surface area contributed by atoms with Gasteiger partial charge in [-0.05, 0) is 37.3 Å². The van der Waals surface area contributed by atoms with E-state index < -0.39 is 23.3 Å². The van der Waals surface area contributed by atoms with Gasteiger partial charge in [0.25, 0.3) is 0 Å². The number of hydrogen-bond acceptors (Lipinski definition) is 6. The van der Waals surface area contributed by atoms with Gasteiger partial charge in [-0.15, -0.1) is 5.10 Å². The molecule has 8 nitrogen and oxygen atoms in total. The molecule has 0 bridgehead atoms. The van der Waals surface area contributed by atoms with Crippen molar-refractivity contribution in [3.8, 4) is 17.0 Å². The highest BCUT2D eigenvalue weighted by atomic mass is 19.1. The number of aromatic nitrogens is 6. The summed E-state index contributed by atoms with van der Waals surface area (Å²) in [6.07, 6.45) is 4.37. The van der Waals surface area contributed by atoms with Gasteiger partial charge in [0.1, 0.15) is 41.3 Å². The molecular formula is C21H20F2N6O2. The Morgan fingerprint density at radius 3 is 2.58 bits per heavy atom. The Kier molecular flexibility index (Phi) is 5.47. The zero-order valence-electron chi connectivity index (χ0n) is 16.9. The quantitative estimate of drug-likeness (QED) is 0.489. The average Bonchev–Trinajstić information content (AvgIpc) is 3.45. The van der Waals surface area contributed by atoms with Crippen molar-refractivity contribution in [1.82, 2.24) is 29.8 Å². The van der Waals surface area contributed by atoms with Gasteiger partial charge >= 0.3 is 0 Å². The Hall–Kier alpha value is -3.66. The molecule has 0 saturated heterocycles. The summed E-state index contributed by atoms with van der Waals surface area (Å²) < 4.78 is 36.2. The summed E-state index contributed by atoms with van der Waals surface area (Å²) in [5.41, 5.74) is -0.543. The van der Waals surface area contributed by atoms with Crippen LogP contribution in [0, 0.1) is 11.6 Å². The largest absolute Gasteiger partial charge is 0.497 e. The van der Waals surface area contributed by atoms with Crippen molar-refractivity contribution in [1.29, 1.82) is 0 Å². The van der Waals surface area contributed by atoms with Gasteiger partial charge < -0.3 is 9.84 Å². The van der Waals surface area contributed by atoms with Gasteiger partial charge in [0.05, 0.1) is 25.9 Å². The Labute approximate surface area is 176 Å². The highest BCUT2D eigenvalue weighted by molar-refractivity contribution is 5.58. The van der Waals surface area contributed by atoms with Crippen LogP contribution in [-0.4, -0.2) is 42.0 Å². The molecule has 0 radical (unpaired) electrons. The first kappa shape index (κ1) is 20.6. The Morgan fingerprint density at radius 1 is 1.16 bits per heavy atom. The molecular weight excluding hydrogens is 406 g/mol. The Balaban J connectivity index is 1.72. The zero-order chi connectivity index (χ0) is 22.0. The third-order valence-electron chi connectivity index (χ3n) is 5.25. The van der Waals surface area contributed by atoms with Gasteiger partial charge in [0, 0.05) is 17.2 Å². The summed E-state index contributed by atoms with van der Waals surface area (Å²) in [5.74, 6) is -0.900. The lowest BCUT2D eigenvalue weighted by atomic mass is 9.86. The highest BCUT2D eigenvalue weighted by Crippen LogP contribution is 2.36. The van der Waals surface area contributed by atoms with E-state index in [1.165, 1.54) is 28.1 Å². The standard InChI is InChI=1S/C21H20F2N6O2/c1-14(29-10-20(26-27-29)15-3-6-17(31-2)7-4-15)21(30,11-28-13-24-12-25-28)18-8-5-16(22)9-19(18)23/h3-10,12-14,30H,11H2,1-2H3/t14-,21-/m1/s1. The fraction of sp³-hybridized carbons (Fsp3) is 0.238. The van der Waals surface area contributed by atoms with E-state index >= 15 is 0 Å². The maximum absolute atomic E-state index is 14.7. The monoisotopic (exact) mass is 426 g/mol. The molecule has 10 heteroatoms. The SMILES string of the molecule is COc1ccc(-c2cn([C@H](C)[C@](O)(Cn3cncn3)c3ccc(F)cc3F)nn2)cc1. The molecule has 0 amide bonds. The number of halogens is 2. The van der Waals surface area contributed by atoms with E-state index in [1.54, 1.807) is 32.4 Å². The van der Waals surface area contributed by atoms with Gasteiger partial charge in [-0.3, -0.25) is 0 Å². The second-order valence-corrected chi connectivity index (χ2v) is 7.13. The third-order valence-corrected chi connectivity index (χ3v) is 5.25. The second-order valence-electron chi connectivity index (χ2n) is 7.13. The molecule has 1 N–H and O–H groups in total. The van der Waals surface area contributed by atoms with Crippen LogP contribution in [0.25, 0.3) is 11.3 Å². The van der Waals surface area contributed by atoms with Crippen LogP contribution in [0.1, 0.15) is 18.5 Å². The van der Waals surface area contributed by atoms with Crippen molar-refractivity contribution < 1.29 is 18.6 Å². The Morgan fingerprint density at radius 2 is 1.94 bits per heavy atom. The lowest BCUT2D eigenvalue weighted by molar-refractivity contribution is -0.0374. The Bertz CT molecular complexity index is 1160. The van der Waals surface area contributed by atoms with Crippen molar-refractivity contribution in [3.63, 3.8) is 0 Å².